The van der Waals surface area contributed by atoms with Gasteiger partial charge in [0.2, 0.25) is 0 Å². The number of rotatable bonds is 4. The normalized spacial score (nSPS) is 10.0. The second-order valence-corrected chi connectivity index (χ2v) is 3.24. The van der Waals surface area contributed by atoms with Gasteiger partial charge in [0.05, 0.1) is 11.4 Å². The van der Waals surface area contributed by atoms with E-state index in [0.717, 1.165) is 0 Å². The summed E-state index contributed by atoms with van der Waals surface area (Å²) >= 11 is 0. The number of aryl methyl sites for hydroxylation is 1. The zero-order valence-corrected chi connectivity index (χ0v) is 9.08. The van der Waals surface area contributed by atoms with Gasteiger partial charge in [-0.1, -0.05) is 6.08 Å². The van der Waals surface area contributed by atoms with Crippen LogP contribution in [0.1, 0.15) is 23.1 Å². The van der Waals surface area contributed by atoms with Crippen LogP contribution in [0.25, 0.3) is 0 Å². The van der Waals surface area contributed by atoms with E-state index in [0.29, 0.717) is 24.5 Å². The highest BCUT2D eigenvalue weighted by molar-refractivity contribution is 5.97. The molecule has 3 N–H and O–H groups in total. The second-order valence-electron chi connectivity index (χ2n) is 3.24. The molecular formula is C10H16N4O. The third-order valence-corrected chi connectivity index (χ3v) is 2.22. The molecule has 0 fully saturated rings. The lowest BCUT2D eigenvalue weighted by Gasteiger charge is -2.17. The van der Waals surface area contributed by atoms with E-state index in [1.165, 1.54) is 0 Å². The molecular weight excluding hydrogens is 192 g/mol. The highest BCUT2D eigenvalue weighted by Crippen LogP contribution is 2.14. The standard InChI is InChI=1S/C10H16N4O/c1-4-6-14(5-2)10(15)9-8(11)7(3)12-13-9/h4H,1,5-6,11H2,2-3H3,(H,12,13). The zero-order chi connectivity index (χ0) is 11.4. The fourth-order valence-electron chi connectivity index (χ4n) is 1.26. The monoisotopic (exact) mass is 208 g/mol. The number of carbonyl (C=O) groups is 1. The van der Waals surface area contributed by atoms with E-state index < -0.39 is 0 Å². The molecule has 1 aromatic heterocycles. The summed E-state index contributed by atoms with van der Waals surface area (Å²) in [6.07, 6.45) is 1.68. The van der Waals surface area contributed by atoms with Crippen LogP contribution < -0.4 is 5.73 Å². The van der Waals surface area contributed by atoms with Crippen LogP contribution in [0.2, 0.25) is 0 Å². The van der Waals surface area contributed by atoms with Crippen molar-refractivity contribution >= 4 is 11.6 Å². The first-order valence-electron chi connectivity index (χ1n) is 4.82. The Hall–Kier alpha value is -1.78. The van der Waals surface area contributed by atoms with Crippen LogP contribution in [-0.2, 0) is 0 Å². The van der Waals surface area contributed by atoms with Crippen LogP contribution in [0.15, 0.2) is 12.7 Å². The number of H-pyrrole nitrogens is 1. The number of hydrogen-bond acceptors (Lipinski definition) is 3. The Balaban J connectivity index is 2.92. The maximum Gasteiger partial charge on any atom is 0.276 e. The highest BCUT2D eigenvalue weighted by atomic mass is 16.2. The molecule has 0 bridgehead atoms. The molecule has 0 aliphatic heterocycles. The molecule has 0 unspecified atom stereocenters. The first-order valence-corrected chi connectivity index (χ1v) is 4.82. The molecule has 0 radical (unpaired) electrons. The van der Waals surface area contributed by atoms with E-state index in [1.807, 2.05) is 6.92 Å². The summed E-state index contributed by atoms with van der Waals surface area (Å²) in [6.45, 7) is 8.39. The summed E-state index contributed by atoms with van der Waals surface area (Å²) in [7, 11) is 0. The maximum absolute atomic E-state index is 11.9. The predicted octanol–water partition coefficient (Wildman–Crippen LogP) is 0.948. The number of anilines is 1. The molecule has 5 nitrogen and oxygen atoms in total. The van der Waals surface area contributed by atoms with Gasteiger partial charge in [0.1, 0.15) is 0 Å². The molecule has 0 aliphatic carbocycles. The third kappa shape index (κ3) is 2.18. The fraction of sp³-hybridized carbons (Fsp3) is 0.400. The minimum atomic E-state index is -0.167. The van der Waals surface area contributed by atoms with Gasteiger partial charge < -0.3 is 10.6 Å². The Kier molecular flexibility index (Phi) is 3.49. The summed E-state index contributed by atoms with van der Waals surface area (Å²) in [5.74, 6) is -0.167. The summed E-state index contributed by atoms with van der Waals surface area (Å²) in [6, 6.07) is 0. The van der Waals surface area contributed by atoms with Crippen LogP contribution >= 0.6 is 0 Å². The Morgan fingerprint density at radius 3 is 2.80 bits per heavy atom. The topological polar surface area (TPSA) is 75.0 Å². The molecule has 0 saturated heterocycles. The molecule has 1 rings (SSSR count). The Morgan fingerprint density at radius 1 is 1.73 bits per heavy atom. The van der Waals surface area contributed by atoms with Crippen molar-refractivity contribution in [1.29, 1.82) is 0 Å². The second kappa shape index (κ2) is 4.63. The molecule has 0 aromatic carbocycles. The van der Waals surface area contributed by atoms with E-state index in [2.05, 4.69) is 16.8 Å². The smallest absolute Gasteiger partial charge is 0.276 e. The number of carbonyl (C=O) groups excluding carboxylic acids is 1. The van der Waals surface area contributed by atoms with E-state index >= 15 is 0 Å². The average Bonchev–Trinajstić information content (AvgIpc) is 2.55. The molecule has 0 spiro atoms. The predicted molar refractivity (Wildman–Crippen MR) is 59.5 cm³/mol. The van der Waals surface area contributed by atoms with Gasteiger partial charge in [-0.25, -0.2) is 0 Å². The first-order chi connectivity index (χ1) is 7.11. The molecule has 82 valence electrons. The fourth-order valence-corrected chi connectivity index (χ4v) is 1.26. The Morgan fingerprint density at radius 2 is 2.40 bits per heavy atom. The molecule has 1 aromatic rings. The van der Waals surface area contributed by atoms with Gasteiger partial charge in [-0.3, -0.25) is 9.89 Å². The van der Waals surface area contributed by atoms with Crippen molar-refractivity contribution in [2.75, 3.05) is 18.8 Å². The van der Waals surface area contributed by atoms with Crippen LogP contribution in [-0.4, -0.2) is 34.1 Å². The lowest BCUT2D eigenvalue weighted by atomic mass is 10.2. The van der Waals surface area contributed by atoms with E-state index in [-0.39, 0.29) is 11.6 Å². The van der Waals surface area contributed by atoms with Crippen LogP contribution in [0.5, 0.6) is 0 Å². The average molecular weight is 208 g/mol. The molecule has 1 heterocycles. The van der Waals surface area contributed by atoms with Gasteiger partial charge in [0, 0.05) is 13.1 Å². The summed E-state index contributed by atoms with van der Waals surface area (Å²) in [4.78, 5) is 13.5. The van der Waals surface area contributed by atoms with Crippen molar-refractivity contribution < 1.29 is 4.79 Å². The van der Waals surface area contributed by atoms with Gasteiger partial charge in [0.25, 0.3) is 5.91 Å². The highest BCUT2D eigenvalue weighted by Gasteiger charge is 2.19. The number of nitrogens with one attached hydrogen (secondary N) is 1. The quantitative estimate of drug-likeness (QED) is 0.723. The number of nitrogens with two attached hydrogens (primary N) is 1. The van der Waals surface area contributed by atoms with E-state index in [4.69, 9.17) is 5.73 Å². The molecule has 1 amide bonds. The van der Waals surface area contributed by atoms with Crippen molar-refractivity contribution in [1.82, 2.24) is 15.1 Å². The van der Waals surface area contributed by atoms with Crippen molar-refractivity contribution in [3.05, 3.63) is 24.0 Å². The summed E-state index contributed by atoms with van der Waals surface area (Å²) < 4.78 is 0. The van der Waals surface area contributed by atoms with Crippen LogP contribution in [0.4, 0.5) is 5.69 Å². The first kappa shape index (κ1) is 11.3. The van der Waals surface area contributed by atoms with Gasteiger partial charge in [-0.05, 0) is 13.8 Å². The third-order valence-electron chi connectivity index (χ3n) is 2.22. The Bertz CT molecular complexity index is 369. The lowest BCUT2D eigenvalue weighted by Crippen LogP contribution is -2.31. The minimum absolute atomic E-state index is 0.167. The zero-order valence-electron chi connectivity index (χ0n) is 9.08. The molecule has 0 saturated carbocycles. The Labute approximate surface area is 89.0 Å². The minimum Gasteiger partial charge on any atom is -0.395 e. The molecule has 0 aliphatic rings. The SMILES string of the molecule is C=CCN(CC)C(=O)c1n[nH]c(C)c1N. The van der Waals surface area contributed by atoms with Crippen molar-refractivity contribution in [2.45, 2.75) is 13.8 Å². The van der Waals surface area contributed by atoms with Crippen LogP contribution in [0.3, 0.4) is 0 Å². The summed E-state index contributed by atoms with van der Waals surface area (Å²) in [5, 5.41) is 6.58. The maximum atomic E-state index is 11.9. The number of aromatic amines is 1. The number of amides is 1. The largest absolute Gasteiger partial charge is 0.395 e. The number of nitrogens with zero attached hydrogens (tertiary/aromatic N) is 2. The van der Waals surface area contributed by atoms with Crippen molar-refractivity contribution in [2.24, 2.45) is 0 Å². The number of likely N-dealkylation sites (N-methyl/N-ethyl adjacent to an activating group) is 1. The van der Waals surface area contributed by atoms with Crippen molar-refractivity contribution in [3.8, 4) is 0 Å². The van der Waals surface area contributed by atoms with Gasteiger partial charge in [-0.15, -0.1) is 6.58 Å². The summed E-state index contributed by atoms with van der Waals surface area (Å²) in [5.41, 5.74) is 7.15. The van der Waals surface area contributed by atoms with Crippen molar-refractivity contribution in [3.63, 3.8) is 0 Å². The number of aromatic nitrogens is 2. The molecule has 0 atom stereocenters. The van der Waals surface area contributed by atoms with Gasteiger partial charge in [-0.2, -0.15) is 5.10 Å². The van der Waals surface area contributed by atoms with Gasteiger partial charge in [0.15, 0.2) is 5.69 Å². The number of hydrogen-bond donors (Lipinski definition) is 2. The molecule has 5 heteroatoms. The lowest BCUT2D eigenvalue weighted by molar-refractivity contribution is 0.0777. The van der Waals surface area contributed by atoms with E-state index in [1.54, 1.807) is 17.9 Å². The number of nitrogen functional groups attached to an aromatic ring is 1. The van der Waals surface area contributed by atoms with Gasteiger partial charge >= 0.3 is 0 Å². The van der Waals surface area contributed by atoms with E-state index in [9.17, 15) is 4.79 Å². The molecule has 15 heavy (non-hydrogen) atoms. The van der Waals surface area contributed by atoms with Crippen LogP contribution in [0, 0.1) is 6.92 Å².